The molecular formula is C19H32IN3OS. The molecule has 1 heterocycles. The maximum absolute atomic E-state index is 12.2. The molecule has 0 aromatic heterocycles. The van der Waals surface area contributed by atoms with Crippen LogP contribution in [0.1, 0.15) is 45.6 Å². The second-order valence-corrected chi connectivity index (χ2v) is 9.56. The molecule has 0 bridgehead atoms. The van der Waals surface area contributed by atoms with Crippen LogP contribution in [0.5, 0.6) is 0 Å². The molecule has 1 aromatic rings. The zero-order chi connectivity index (χ0) is 17.6. The SMILES string of the molecule is CCNC(=NCCS(=O)C(C)(C)C)N1CCC(c2ccccc2)C1.I. The Balaban J connectivity index is 0.00000312. The Kier molecular flexibility index (Phi) is 9.41. The Labute approximate surface area is 172 Å². The van der Waals surface area contributed by atoms with Crippen LogP contribution in [0.15, 0.2) is 35.3 Å². The van der Waals surface area contributed by atoms with Gasteiger partial charge < -0.3 is 10.2 Å². The molecule has 0 aliphatic carbocycles. The van der Waals surface area contributed by atoms with Gasteiger partial charge in [0.05, 0.1) is 6.54 Å². The fourth-order valence-electron chi connectivity index (χ4n) is 2.92. The van der Waals surface area contributed by atoms with Gasteiger partial charge in [-0.15, -0.1) is 24.0 Å². The molecule has 1 aliphatic heterocycles. The first-order chi connectivity index (χ1) is 11.4. The number of rotatable bonds is 5. The molecular weight excluding hydrogens is 445 g/mol. The molecule has 0 radical (unpaired) electrons. The summed E-state index contributed by atoms with van der Waals surface area (Å²) >= 11 is 0. The highest BCUT2D eigenvalue weighted by atomic mass is 127. The smallest absolute Gasteiger partial charge is 0.193 e. The summed E-state index contributed by atoms with van der Waals surface area (Å²) in [5, 5.41) is 3.39. The molecule has 0 saturated carbocycles. The highest BCUT2D eigenvalue weighted by Crippen LogP contribution is 2.26. The van der Waals surface area contributed by atoms with Gasteiger partial charge in [0.2, 0.25) is 0 Å². The van der Waals surface area contributed by atoms with Crippen LogP contribution in [0, 0.1) is 0 Å². The van der Waals surface area contributed by atoms with Crippen molar-refractivity contribution < 1.29 is 4.21 Å². The van der Waals surface area contributed by atoms with Gasteiger partial charge >= 0.3 is 0 Å². The zero-order valence-corrected chi connectivity index (χ0v) is 19.0. The van der Waals surface area contributed by atoms with Gasteiger partial charge in [0, 0.05) is 46.9 Å². The fraction of sp³-hybridized carbons (Fsp3) is 0.632. The number of nitrogens with zero attached hydrogens (tertiary/aromatic N) is 2. The van der Waals surface area contributed by atoms with E-state index in [2.05, 4.69) is 47.5 Å². The normalized spacial score (nSPS) is 19.4. The monoisotopic (exact) mass is 477 g/mol. The molecule has 142 valence electrons. The van der Waals surface area contributed by atoms with Gasteiger partial charge in [-0.3, -0.25) is 9.20 Å². The number of benzene rings is 1. The minimum atomic E-state index is -0.849. The molecule has 6 heteroatoms. The van der Waals surface area contributed by atoms with Crippen LogP contribution in [0.2, 0.25) is 0 Å². The Morgan fingerprint density at radius 2 is 2.00 bits per heavy atom. The first kappa shape index (κ1) is 22.4. The maximum atomic E-state index is 12.2. The predicted molar refractivity (Wildman–Crippen MR) is 120 cm³/mol. The number of halogens is 1. The minimum Gasteiger partial charge on any atom is -0.357 e. The molecule has 1 N–H and O–H groups in total. The summed E-state index contributed by atoms with van der Waals surface area (Å²) in [6, 6.07) is 10.7. The third-order valence-corrected chi connectivity index (χ3v) is 6.23. The third-order valence-electron chi connectivity index (χ3n) is 4.31. The summed E-state index contributed by atoms with van der Waals surface area (Å²) in [6.07, 6.45) is 1.16. The van der Waals surface area contributed by atoms with Gasteiger partial charge in [0.25, 0.3) is 0 Å². The molecule has 2 atom stereocenters. The van der Waals surface area contributed by atoms with E-state index in [1.807, 2.05) is 20.8 Å². The van der Waals surface area contributed by atoms with Gasteiger partial charge in [-0.2, -0.15) is 0 Å². The number of aliphatic imine (C=N–C) groups is 1. The Hall–Kier alpha value is -0.630. The molecule has 0 spiro atoms. The van der Waals surface area contributed by atoms with Crippen molar-refractivity contribution in [3.8, 4) is 0 Å². The van der Waals surface area contributed by atoms with Crippen molar-refractivity contribution in [2.75, 3.05) is 31.9 Å². The van der Waals surface area contributed by atoms with Crippen molar-refractivity contribution in [3.63, 3.8) is 0 Å². The largest absolute Gasteiger partial charge is 0.357 e. The summed E-state index contributed by atoms with van der Waals surface area (Å²) in [5.41, 5.74) is 1.41. The molecule has 1 saturated heterocycles. The van der Waals surface area contributed by atoms with Crippen molar-refractivity contribution in [3.05, 3.63) is 35.9 Å². The molecule has 25 heavy (non-hydrogen) atoms. The zero-order valence-electron chi connectivity index (χ0n) is 15.8. The number of hydrogen-bond acceptors (Lipinski definition) is 2. The lowest BCUT2D eigenvalue weighted by atomic mass is 9.99. The molecule has 1 fully saturated rings. The van der Waals surface area contributed by atoms with Crippen molar-refractivity contribution in [2.45, 2.75) is 44.8 Å². The first-order valence-electron chi connectivity index (χ1n) is 8.88. The van der Waals surface area contributed by atoms with E-state index in [-0.39, 0.29) is 28.7 Å². The van der Waals surface area contributed by atoms with Crippen LogP contribution < -0.4 is 5.32 Å². The minimum absolute atomic E-state index is 0. The van der Waals surface area contributed by atoms with Crippen LogP contribution >= 0.6 is 24.0 Å². The van der Waals surface area contributed by atoms with E-state index >= 15 is 0 Å². The van der Waals surface area contributed by atoms with Gasteiger partial charge in [-0.1, -0.05) is 30.3 Å². The summed E-state index contributed by atoms with van der Waals surface area (Å²) in [7, 11) is -0.849. The fourth-order valence-corrected chi connectivity index (χ4v) is 3.79. The molecule has 4 nitrogen and oxygen atoms in total. The Morgan fingerprint density at radius 1 is 1.32 bits per heavy atom. The second kappa shape index (κ2) is 10.5. The molecule has 0 amide bonds. The Morgan fingerprint density at radius 3 is 2.60 bits per heavy atom. The average molecular weight is 477 g/mol. The number of guanidine groups is 1. The second-order valence-electron chi connectivity index (χ2n) is 7.24. The van der Waals surface area contributed by atoms with Gasteiger partial charge in [-0.05, 0) is 39.7 Å². The number of likely N-dealkylation sites (tertiary alicyclic amines) is 1. The summed E-state index contributed by atoms with van der Waals surface area (Å²) in [4.78, 5) is 7.05. The number of hydrogen-bond donors (Lipinski definition) is 1. The van der Waals surface area contributed by atoms with Crippen molar-refractivity contribution in [2.24, 2.45) is 4.99 Å². The highest BCUT2D eigenvalue weighted by molar-refractivity contribution is 14.0. The van der Waals surface area contributed by atoms with Crippen molar-refractivity contribution in [1.29, 1.82) is 0 Å². The van der Waals surface area contributed by atoms with Crippen molar-refractivity contribution >= 4 is 40.7 Å². The van der Waals surface area contributed by atoms with E-state index in [1.165, 1.54) is 5.56 Å². The van der Waals surface area contributed by atoms with Crippen LogP contribution in [-0.4, -0.2) is 51.7 Å². The van der Waals surface area contributed by atoms with Crippen LogP contribution in [0.25, 0.3) is 0 Å². The van der Waals surface area contributed by atoms with E-state index in [4.69, 9.17) is 4.99 Å². The van der Waals surface area contributed by atoms with E-state index in [9.17, 15) is 4.21 Å². The van der Waals surface area contributed by atoms with Crippen molar-refractivity contribution in [1.82, 2.24) is 10.2 Å². The lowest BCUT2D eigenvalue weighted by molar-refractivity contribution is 0.487. The average Bonchev–Trinajstić information content (AvgIpc) is 3.03. The maximum Gasteiger partial charge on any atom is 0.193 e. The first-order valence-corrected chi connectivity index (χ1v) is 10.2. The van der Waals surface area contributed by atoms with E-state index in [0.717, 1.165) is 32.0 Å². The molecule has 2 rings (SSSR count). The van der Waals surface area contributed by atoms with Gasteiger partial charge in [0.1, 0.15) is 0 Å². The highest BCUT2D eigenvalue weighted by Gasteiger charge is 2.26. The van der Waals surface area contributed by atoms with E-state index in [0.29, 0.717) is 18.2 Å². The number of nitrogens with one attached hydrogen (secondary N) is 1. The standard InChI is InChI=1S/C19H31N3OS.HI/c1-5-20-18(21-12-14-24(23)19(2,3)4)22-13-11-17(15-22)16-9-7-6-8-10-16;/h6-10,17H,5,11-15H2,1-4H3,(H,20,21);1H. The predicted octanol–water partition coefficient (Wildman–Crippen LogP) is 3.61. The molecule has 1 aromatic carbocycles. The lowest BCUT2D eigenvalue weighted by Gasteiger charge is -2.22. The topological polar surface area (TPSA) is 44.7 Å². The van der Waals surface area contributed by atoms with E-state index in [1.54, 1.807) is 0 Å². The van der Waals surface area contributed by atoms with Crippen LogP contribution in [-0.2, 0) is 10.8 Å². The van der Waals surface area contributed by atoms with E-state index < -0.39 is 10.8 Å². The molecule has 2 unspecified atom stereocenters. The summed E-state index contributed by atoms with van der Waals surface area (Å²) in [6.45, 7) is 11.6. The van der Waals surface area contributed by atoms with Crippen LogP contribution in [0.3, 0.4) is 0 Å². The Bertz CT molecular complexity index is 572. The summed E-state index contributed by atoms with van der Waals surface area (Å²) in [5.74, 6) is 2.15. The van der Waals surface area contributed by atoms with Gasteiger partial charge in [-0.25, -0.2) is 0 Å². The van der Waals surface area contributed by atoms with Crippen LogP contribution in [0.4, 0.5) is 0 Å². The summed E-state index contributed by atoms with van der Waals surface area (Å²) < 4.78 is 12.0. The quantitative estimate of drug-likeness (QED) is 0.401. The lowest BCUT2D eigenvalue weighted by Crippen LogP contribution is -2.40. The molecule has 1 aliphatic rings. The van der Waals surface area contributed by atoms with Gasteiger partial charge in [0.15, 0.2) is 5.96 Å². The third kappa shape index (κ3) is 6.89.